The second-order valence-corrected chi connectivity index (χ2v) is 34.7. The van der Waals surface area contributed by atoms with Crippen LogP contribution < -0.4 is 4.90 Å². The number of anilines is 1. The number of pyridine rings is 4. The van der Waals surface area contributed by atoms with Crippen LogP contribution in [0.3, 0.4) is 0 Å². The van der Waals surface area contributed by atoms with Gasteiger partial charge in [0.15, 0.2) is 40.6 Å². The van der Waals surface area contributed by atoms with E-state index in [1.54, 1.807) is 18.2 Å². The molecule has 0 aliphatic heterocycles. The number of aryl methyl sites for hydroxylation is 3. The summed E-state index contributed by atoms with van der Waals surface area (Å²) in [7, 11) is 4.05. The van der Waals surface area contributed by atoms with Crippen molar-refractivity contribution in [3.63, 3.8) is 0 Å². The summed E-state index contributed by atoms with van der Waals surface area (Å²) >= 11 is 0. The number of aliphatic hydroxyl groups is 4. The minimum atomic E-state index is -1.49. The number of nitrogens with zero attached hydrogens (tertiary/aromatic N) is 5. The zero-order chi connectivity index (χ0) is 98.5. The van der Waals surface area contributed by atoms with Gasteiger partial charge in [-0.2, -0.15) is 0 Å². The fourth-order valence-electron chi connectivity index (χ4n) is 15.6. The first-order chi connectivity index (χ1) is 64.9. The van der Waals surface area contributed by atoms with Gasteiger partial charge in [-0.15, -0.1) is 129 Å². The molecule has 11 aromatic carbocycles. The van der Waals surface area contributed by atoms with Crippen LogP contribution in [0, 0.1) is 73.7 Å². The Bertz CT molecular complexity index is 6910. The van der Waals surface area contributed by atoms with E-state index in [1.807, 2.05) is 93.2 Å². The van der Waals surface area contributed by atoms with Crippen molar-refractivity contribution >= 4 is 72.6 Å². The maximum absolute atomic E-state index is 14.8. The van der Waals surface area contributed by atoms with E-state index in [-0.39, 0.29) is 149 Å². The van der Waals surface area contributed by atoms with Crippen LogP contribution in [-0.4, -0.2) is 77.6 Å². The SMILES string of the molecule is CC(=O)C=C(C)O.CC(=O)C=C(C)O.CC(=O)C=C(C)O.CC(=O)C=C(C)O.Cc1cc(N(C)C)cnc1-c1[c-]ccc(-c2ccccc2)c1.Cc1cc2ccccc2nc1-c1[c-]cc(CC(C)(C)C)c(-c2ccccc2)c1.Cc1cccnc1-c1[c-]cc(C2CCCCC2)c(-c2ccccc2)c1.Fc1ccc2nc(-c3[c-]ccc(-c4ccc5c(c4)oc4ccccc45)c3)c(F)c(F)c2c1F.[Ir].[Ir].[Ir].[Ir]. The van der Waals surface area contributed by atoms with Gasteiger partial charge in [0.2, 0.25) is 0 Å². The molecule has 0 amide bonds. The molecule has 0 saturated heterocycles. The summed E-state index contributed by atoms with van der Waals surface area (Å²) in [4.78, 5) is 60.4. The Hall–Kier alpha value is -12.7. The van der Waals surface area contributed by atoms with Gasteiger partial charge in [0.25, 0.3) is 0 Å². The van der Waals surface area contributed by atoms with Crippen molar-refractivity contribution in [1.29, 1.82) is 0 Å². The number of fused-ring (bicyclic) bond motifs is 5. The molecule has 0 bridgehead atoms. The van der Waals surface area contributed by atoms with E-state index in [1.165, 1.54) is 173 Å². The number of benzene rings is 11. The zero-order valence-corrected chi connectivity index (χ0v) is 90.5. The van der Waals surface area contributed by atoms with Crippen LogP contribution in [-0.2, 0) is 106 Å². The summed E-state index contributed by atoms with van der Waals surface area (Å²) in [5.41, 5.74) is 25.1. The Kier molecular flexibility index (Phi) is 46.3. The maximum atomic E-state index is 14.8. The molecule has 0 spiro atoms. The number of carbonyl (C=O) groups is 4. The summed E-state index contributed by atoms with van der Waals surface area (Å²) in [6, 6.07) is 97.3. The zero-order valence-electron chi connectivity index (χ0n) is 80.9. The van der Waals surface area contributed by atoms with E-state index in [9.17, 15) is 36.7 Å². The fourth-order valence-corrected chi connectivity index (χ4v) is 15.6. The Morgan fingerprint density at radius 2 is 0.886 bits per heavy atom. The summed E-state index contributed by atoms with van der Waals surface area (Å²) in [6.07, 6.45) is 16.1. The van der Waals surface area contributed by atoms with Crippen LogP contribution in [0.5, 0.6) is 0 Å². The minimum absolute atomic E-state index is 0. The second-order valence-electron chi connectivity index (χ2n) is 34.7. The number of aliphatic hydroxyl groups excluding tert-OH is 4. The van der Waals surface area contributed by atoms with Crippen molar-refractivity contribution < 1.29 is 142 Å². The van der Waals surface area contributed by atoms with Crippen LogP contribution in [0.2, 0.25) is 0 Å². The average molecular weight is 2590 g/mol. The molecule has 4 radical (unpaired) electrons. The summed E-state index contributed by atoms with van der Waals surface area (Å²) in [5, 5.41) is 35.8. The molecule has 732 valence electrons. The van der Waals surface area contributed by atoms with Gasteiger partial charge < -0.3 is 39.7 Å². The molecule has 22 heteroatoms. The first-order valence-corrected chi connectivity index (χ1v) is 44.7. The van der Waals surface area contributed by atoms with Crippen molar-refractivity contribution in [1.82, 2.24) is 19.9 Å². The van der Waals surface area contributed by atoms with Gasteiger partial charge in [0.05, 0.1) is 45.1 Å². The van der Waals surface area contributed by atoms with Crippen molar-refractivity contribution in [2.45, 2.75) is 141 Å². The van der Waals surface area contributed by atoms with Crippen LogP contribution >= 0.6 is 0 Å². The van der Waals surface area contributed by atoms with Crippen molar-refractivity contribution in [3.8, 4) is 89.5 Å². The molecule has 1 aliphatic rings. The number of carbonyl (C=O) groups excluding carboxylic acids is 4. The fraction of sp³-hybridized carbons (Fsp3) is 0.203. The first kappa shape index (κ1) is 116. The molecule has 14 nitrogen and oxygen atoms in total. The van der Waals surface area contributed by atoms with Gasteiger partial charge >= 0.3 is 0 Å². The van der Waals surface area contributed by atoms with Gasteiger partial charge in [-0.25, -0.2) is 17.6 Å². The summed E-state index contributed by atoms with van der Waals surface area (Å²) in [5.74, 6) is -5.19. The van der Waals surface area contributed by atoms with E-state index < -0.39 is 28.7 Å². The van der Waals surface area contributed by atoms with Crippen molar-refractivity contribution in [2.75, 3.05) is 19.0 Å². The van der Waals surface area contributed by atoms with Crippen molar-refractivity contribution in [2.24, 2.45) is 5.41 Å². The van der Waals surface area contributed by atoms with Gasteiger partial charge in [0.1, 0.15) is 17.0 Å². The normalized spacial score (nSPS) is 11.7. The maximum Gasteiger partial charge on any atom is 0.171 e. The number of ketones is 4. The predicted molar refractivity (Wildman–Crippen MR) is 544 cm³/mol. The van der Waals surface area contributed by atoms with E-state index in [4.69, 9.17) is 29.8 Å². The monoisotopic (exact) mass is 2590 g/mol. The number of aromatic nitrogens is 4. The molecule has 140 heavy (non-hydrogen) atoms. The third-order valence-electron chi connectivity index (χ3n) is 21.5. The Morgan fingerprint density at radius 1 is 0.421 bits per heavy atom. The van der Waals surface area contributed by atoms with E-state index >= 15 is 0 Å². The van der Waals surface area contributed by atoms with Crippen LogP contribution in [0.1, 0.15) is 142 Å². The number of allylic oxidation sites excluding steroid dienone is 8. The molecule has 17 rings (SSSR count). The molecule has 4 N–H and O–H groups in total. The van der Waals surface area contributed by atoms with E-state index in [0.29, 0.717) is 17.1 Å². The third kappa shape index (κ3) is 34.1. The molecule has 1 aliphatic carbocycles. The molecular weight excluding hydrogens is 2480 g/mol. The molecule has 16 aromatic rings. The summed E-state index contributed by atoms with van der Waals surface area (Å²) < 4.78 is 62.9. The quantitative estimate of drug-likeness (QED) is 0.0325. The first-order valence-electron chi connectivity index (χ1n) is 44.7. The average Bonchev–Trinajstić information content (AvgIpc) is 1.67. The minimum Gasteiger partial charge on any atom is -0.512 e. The second kappa shape index (κ2) is 55.9. The van der Waals surface area contributed by atoms with Gasteiger partial charge in [0, 0.05) is 148 Å². The Labute approximate surface area is 872 Å². The van der Waals surface area contributed by atoms with E-state index in [2.05, 4.69) is 243 Å². The largest absolute Gasteiger partial charge is 0.512 e. The van der Waals surface area contributed by atoms with Gasteiger partial charge in [-0.1, -0.05) is 233 Å². The number of furan rings is 1. The molecule has 1 fully saturated rings. The summed E-state index contributed by atoms with van der Waals surface area (Å²) in [6.45, 7) is 24.6. The molecule has 0 unspecified atom stereocenters. The number of halogens is 4. The molecule has 5 heterocycles. The molecule has 1 saturated carbocycles. The van der Waals surface area contributed by atoms with Crippen LogP contribution in [0.15, 0.2) is 319 Å². The number of rotatable bonds is 15. The molecular formula is C118H113F4Ir4N5O9-4. The number of hydrogen-bond acceptors (Lipinski definition) is 14. The molecule has 5 aromatic heterocycles. The van der Waals surface area contributed by atoms with Gasteiger partial charge in [-0.3, -0.25) is 29.1 Å². The number of hydrogen-bond donors (Lipinski definition) is 4. The Balaban J connectivity index is 0.000000261. The Morgan fingerprint density at radius 3 is 1.42 bits per heavy atom. The third-order valence-corrected chi connectivity index (χ3v) is 21.5. The number of para-hydroxylation sites is 2. The predicted octanol–water partition coefficient (Wildman–Crippen LogP) is 30.4. The van der Waals surface area contributed by atoms with Crippen LogP contribution in [0.4, 0.5) is 23.2 Å². The topological polar surface area (TPSA) is 217 Å². The van der Waals surface area contributed by atoms with Crippen molar-refractivity contribution in [3.05, 3.63) is 390 Å². The van der Waals surface area contributed by atoms with Gasteiger partial charge in [-0.05, 0) is 181 Å². The van der Waals surface area contributed by atoms with Crippen LogP contribution in [0.25, 0.3) is 133 Å². The van der Waals surface area contributed by atoms with E-state index in [0.717, 1.165) is 91.0 Å². The molecule has 0 atom stereocenters. The standard InChI is InChI=1S/C27H12F4NO.C27H26N.C24H24N.C20H19N2.4C5H8O2.4Ir/c28-19-10-11-20-23(24(19)29)25(30)26(31)27(32-20)16-5-3-4-14(12-16)15-8-9-18-17-6-1-2-7-21(17)33-22(18)13-15;1-19-16-21-12-8-9-13-25(21)28-26(19)22-14-15-23(18-27(2,3)4)24(17-22)20-10-6-5-7-11-20;1-18-9-8-16-25-24(18)21-14-15-22(19-10-4-2-5-11-19)23(17-21)20-12-6-3-7-13-20;1-15-12-19(22(2)3)14-21-20(15)18-11-7-10-17(13-18)16-8-5-4-6-9-16;4*1-4(6)3-5(2)7;;;;/h1-4,6-13H;5-13,15-17H,18H2,1-4H3;3,6-9,12-13,15-17,19H,2,4-5,10-11H2,1H3;4-10,12-14H,1-3H3;4*3,6H,1-2H3;;;;/q4*-1;;;;;;;;. The smallest absolute Gasteiger partial charge is 0.171 e.